The van der Waals surface area contributed by atoms with Crippen molar-refractivity contribution in [3.63, 3.8) is 0 Å². The van der Waals surface area contributed by atoms with Crippen molar-refractivity contribution in [2.45, 2.75) is 52.4 Å². The number of aromatic nitrogens is 2. The summed E-state index contributed by atoms with van der Waals surface area (Å²) < 4.78 is 4.50. The van der Waals surface area contributed by atoms with Crippen LogP contribution >= 0.6 is 0 Å². The third kappa shape index (κ3) is 4.19. The van der Waals surface area contributed by atoms with Gasteiger partial charge in [0.25, 0.3) is 0 Å². The van der Waals surface area contributed by atoms with E-state index in [1.54, 1.807) is 6.21 Å². The molecule has 0 bridgehead atoms. The van der Waals surface area contributed by atoms with E-state index in [-0.39, 0.29) is 28.2 Å². The minimum atomic E-state index is -0.211. The first-order valence-corrected chi connectivity index (χ1v) is 8.29. The van der Waals surface area contributed by atoms with Gasteiger partial charge in [0.1, 0.15) is 5.75 Å². The number of benzene rings is 1. The zero-order chi connectivity index (χ0) is 19.7. The van der Waals surface area contributed by atoms with Crippen molar-refractivity contribution in [1.82, 2.24) is 10.3 Å². The summed E-state index contributed by atoms with van der Waals surface area (Å²) in [5, 5.41) is 24.6. The first-order valence-electron chi connectivity index (χ1n) is 8.29. The van der Waals surface area contributed by atoms with Crippen LogP contribution in [0.25, 0.3) is 0 Å². The molecule has 2 rings (SSSR count). The Labute approximate surface area is 153 Å². The molecule has 8 heteroatoms. The second-order valence-electron chi connectivity index (χ2n) is 8.23. The summed E-state index contributed by atoms with van der Waals surface area (Å²) in [6.45, 7) is 12.3. The second kappa shape index (κ2) is 6.78. The van der Waals surface area contributed by atoms with Gasteiger partial charge in [-0.25, -0.2) is 4.63 Å². The molecular weight excluding hydrogens is 332 g/mol. The van der Waals surface area contributed by atoms with Gasteiger partial charge in [0.15, 0.2) is 11.5 Å². The Morgan fingerprint density at radius 1 is 1.12 bits per heavy atom. The summed E-state index contributed by atoms with van der Waals surface area (Å²) in [7, 11) is 0. The maximum absolute atomic E-state index is 10.7. The summed E-state index contributed by atoms with van der Waals surface area (Å²) in [5.41, 5.74) is 13.7. The summed E-state index contributed by atoms with van der Waals surface area (Å²) in [5.74, 6) is 0.459. The van der Waals surface area contributed by atoms with Crippen molar-refractivity contribution < 1.29 is 14.8 Å². The van der Waals surface area contributed by atoms with Gasteiger partial charge in [0, 0.05) is 21.8 Å². The van der Waals surface area contributed by atoms with Crippen LogP contribution in [0.1, 0.15) is 63.9 Å². The predicted octanol–water partition coefficient (Wildman–Crippen LogP) is 0.772. The molecule has 26 heavy (non-hydrogen) atoms. The van der Waals surface area contributed by atoms with Crippen LogP contribution in [0.5, 0.6) is 5.75 Å². The van der Waals surface area contributed by atoms with Gasteiger partial charge in [-0.05, 0) is 33.3 Å². The van der Waals surface area contributed by atoms with E-state index in [1.807, 2.05) is 12.1 Å². The van der Waals surface area contributed by atoms with Crippen molar-refractivity contribution >= 4 is 17.9 Å². The van der Waals surface area contributed by atoms with Crippen LogP contribution in [-0.2, 0) is 10.8 Å². The lowest BCUT2D eigenvalue weighted by atomic mass is 9.78. The molecule has 0 aliphatic rings. The number of hydrazone groups is 1. The van der Waals surface area contributed by atoms with E-state index in [9.17, 15) is 5.11 Å². The third-order valence-corrected chi connectivity index (χ3v) is 3.92. The largest absolute Gasteiger partial charge is 0.507 e. The molecular formula is C18H27N6O2+. The fourth-order valence-electron chi connectivity index (χ4n) is 2.49. The SMILES string of the molecule is CC(C)(C)c1cc(C=[NH+]N=C(N)c2nonc2N)cc(C(C)(C)C)c1O. The summed E-state index contributed by atoms with van der Waals surface area (Å²) in [6.07, 6.45) is 1.69. The third-order valence-electron chi connectivity index (χ3n) is 3.92. The van der Waals surface area contributed by atoms with Crippen LogP contribution in [0, 0.1) is 0 Å². The van der Waals surface area contributed by atoms with Gasteiger partial charge in [0.05, 0.1) is 0 Å². The molecule has 0 radical (unpaired) electrons. The van der Waals surface area contributed by atoms with E-state index < -0.39 is 0 Å². The number of nitrogen functional groups attached to an aromatic ring is 1. The summed E-state index contributed by atoms with van der Waals surface area (Å²) in [6, 6.07) is 3.85. The van der Waals surface area contributed by atoms with Gasteiger partial charge in [-0.15, -0.1) is 5.10 Å². The van der Waals surface area contributed by atoms with Crippen molar-refractivity contribution in [1.29, 1.82) is 0 Å². The Bertz CT molecular complexity index is 818. The van der Waals surface area contributed by atoms with E-state index in [0.29, 0.717) is 5.75 Å². The highest BCUT2D eigenvalue weighted by molar-refractivity contribution is 5.98. The quantitative estimate of drug-likeness (QED) is 0.363. The molecule has 1 aromatic heterocycles. The van der Waals surface area contributed by atoms with Crippen LogP contribution in [-0.4, -0.2) is 27.5 Å². The van der Waals surface area contributed by atoms with Gasteiger partial charge in [0.2, 0.25) is 12.1 Å². The Morgan fingerprint density at radius 2 is 1.65 bits per heavy atom. The molecule has 2 aromatic rings. The molecule has 140 valence electrons. The highest BCUT2D eigenvalue weighted by Gasteiger charge is 2.26. The Morgan fingerprint density at radius 3 is 2.08 bits per heavy atom. The van der Waals surface area contributed by atoms with E-state index >= 15 is 0 Å². The Kier molecular flexibility index (Phi) is 5.06. The van der Waals surface area contributed by atoms with Crippen LogP contribution in [0.2, 0.25) is 0 Å². The highest BCUT2D eigenvalue weighted by atomic mass is 16.6. The monoisotopic (exact) mass is 359 g/mol. The number of aromatic hydroxyl groups is 1. The summed E-state index contributed by atoms with van der Waals surface area (Å²) in [4.78, 5) is 0. The average Bonchev–Trinajstić information content (AvgIpc) is 2.92. The molecule has 0 fully saturated rings. The maximum atomic E-state index is 10.7. The zero-order valence-corrected chi connectivity index (χ0v) is 16.1. The molecule has 0 amide bonds. The minimum Gasteiger partial charge on any atom is -0.507 e. The normalized spacial score (nSPS) is 13.5. The van der Waals surface area contributed by atoms with Crippen LogP contribution in [0.4, 0.5) is 5.82 Å². The number of nitrogens with one attached hydrogen (secondary N) is 1. The lowest BCUT2D eigenvalue weighted by molar-refractivity contribution is -0.456. The second-order valence-corrected chi connectivity index (χ2v) is 8.23. The molecule has 0 saturated heterocycles. The molecule has 1 heterocycles. The fourth-order valence-corrected chi connectivity index (χ4v) is 2.49. The average molecular weight is 359 g/mol. The molecule has 6 N–H and O–H groups in total. The van der Waals surface area contributed by atoms with Crippen molar-refractivity contribution in [2.24, 2.45) is 10.8 Å². The zero-order valence-electron chi connectivity index (χ0n) is 16.1. The van der Waals surface area contributed by atoms with Crippen LogP contribution in [0.3, 0.4) is 0 Å². The Balaban J connectivity index is 2.45. The Hall–Kier alpha value is -2.90. The first kappa shape index (κ1) is 19.4. The number of anilines is 1. The molecule has 0 atom stereocenters. The molecule has 8 nitrogen and oxygen atoms in total. The number of nitrogens with two attached hydrogens (primary N) is 2. The van der Waals surface area contributed by atoms with Gasteiger partial charge in [-0.3, -0.25) is 0 Å². The van der Waals surface area contributed by atoms with E-state index in [2.05, 4.69) is 66.7 Å². The highest BCUT2D eigenvalue weighted by Crippen LogP contribution is 2.39. The maximum Gasteiger partial charge on any atom is 0.224 e. The van der Waals surface area contributed by atoms with Gasteiger partial charge in [-0.1, -0.05) is 41.5 Å². The standard InChI is InChI=1S/C18H26N6O2/c1-17(2,3)11-7-10(8-12(14(11)25)18(4,5)6)9-21-22-15(19)13-16(20)24-26-23-13/h7-9,25H,1-6H3,(H2,19,22)(H2,20,24)/p+1. The predicted molar refractivity (Wildman–Crippen MR) is 101 cm³/mol. The van der Waals surface area contributed by atoms with Crippen LogP contribution < -0.4 is 16.6 Å². The van der Waals surface area contributed by atoms with Crippen LogP contribution in [0.15, 0.2) is 21.9 Å². The van der Waals surface area contributed by atoms with E-state index in [0.717, 1.165) is 16.7 Å². The molecule has 0 spiro atoms. The van der Waals surface area contributed by atoms with E-state index in [1.165, 1.54) is 0 Å². The molecule has 0 unspecified atom stereocenters. The van der Waals surface area contributed by atoms with Gasteiger partial charge >= 0.3 is 0 Å². The lowest BCUT2D eigenvalue weighted by Gasteiger charge is -2.27. The number of hydrogen-bond acceptors (Lipinski definition) is 6. The van der Waals surface area contributed by atoms with Crippen molar-refractivity contribution in [3.05, 3.63) is 34.5 Å². The summed E-state index contributed by atoms with van der Waals surface area (Å²) >= 11 is 0. The number of hydrogen-bond donors (Lipinski definition) is 4. The number of phenols is 1. The molecule has 0 saturated carbocycles. The molecule has 0 aliphatic heterocycles. The first-order chi connectivity index (χ1) is 11.9. The molecule has 1 aromatic carbocycles. The smallest absolute Gasteiger partial charge is 0.224 e. The topological polar surface area (TPSA) is 138 Å². The number of amidine groups is 1. The van der Waals surface area contributed by atoms with E-state index in [4.69, 9.17) is 11.5 Å². The van der Waals surface area contributed by atoms with Gasteiger partial charge in [-0.2, -0.15) is 0 Å². The molecule has 0 aliphatic carbocycles. The lowest BCUT2D eigenvalue weighted by Crippen LogP contribution is -2.63. The van der Waals surface area contributed by atoms with Crippen molar-refractivity contribution in [3.8, 4) is 5.75 Å². The number of rotatable bonds is 3. The minimum absolute atomic E-state index is 0.0610. The number of nitrogens with zero attached hydrogens (tertiary/aromatic N) is 3. The number of phenolic OH excluding ortho intramolecular Hbond substituents is 1. The van der Waals surface area contributed by atoms with Crippen molar-refractivity contribution in [2.75, 3.05) is 5.73 Å². The fraction of sp³-hybridized carbons (Fsp3) is 0.444. The van der Waals surface area contributed by atoms with Gasteiger partial charge < -0.3 is 16.6 Å².